The van der Waals surface area contributed by atoms with Crippen molar-refractivity contribution in [3.05, 3.63) is 65.3 Å². The molecule has 0 saturated carbocycles. The van der Waals surface area contributed by atoms with Gasteiger partial charge in [0.2, 0.25) is 0 Å². The Morgan fingerprint density at radius 2 is 2.00 bits per heavy atom. The van der Waals surface area contributed by atoms with Gasteiger partial charge in [-0.2, -0.15) is 0 Å². The molecular weight excluding hydrogens is 272 g/mol. The van der Waals surface area contributed by atoms with E-state index in [0.29, 0.717) is 17.3 Å². The first-order chi connectivity index (χ1) is 9.74. The minimum atomic E-state index is 0.375. The third kappa shape index (κ3) is 2.53. The van der Waals surface area contributed by atoms with Gasteiger partial charge in [-0.3, -0.25) is 4.98 Å². The van der Waals surface area contributed by atoms with Crippen LogP contribution in [0.15, 0.2) is 54.7 Å². The van der Waals surface area contributed by atoms with E-state index in [1.807, 2.05) is 36.4 Å². The van der Waals surface area contributed by atoms with Crippen LogP contribution in [0.4, 0.5) is 5.69 Å². The first-order valence-electron chi connectivity index (χ1n) is 6.24. The summed E-state index contributed by atoms with van der Waals surface area (Å²) in [5.74, 6) is 0.787. The quantitative estimate of drug-likeness (QED) is 0.738. The number of fused-ring (bicyclic) bond motifs is 1. The van der Waals surface area contributed by atoms with Crippen molar-refractivity contribution >= 4 is 28.2 Å². The van der Waals surface area contributed by atoms with Gasteiger partial charge >= 0.3 is 0 Å². The zero-order chi connectivity index (χ0) is 13.9. The van der Waals surface area contributed by atoms with Crippen LogP contribution in [0.5, 0.6) is 5.75 Å². The molecule has 1 aromatic heterocycles. The first kappa shape index (κ1) is 12.8. The normalized spacial score (nSPS) is 10.7. The van der Waals surface area contributed by atoms with E-state index in [2.05, 4.69) is 4.98 Å². The molecule has 0 aliphatic rings. The lowest BCUT2D eigenvalue weighted by molar-refractivity contribution is 0.310. The van der Waals surface area contributed by atoms with Crippen LogP contribution in [-0.2, 0) is 6.61 Å². The summed E-state index contributed by atoms with van der Waals surface area (Å²) in [4.78, 5) is 4.30. The molecule has 3 aromatic rings. The van der Waals surface area contributed by atoms with Crippen molar-refractivity contribution in [3.8, 4) is 5.75 Å². The molecule has 2 N–H and O–H groups in total. The third-order valence-corrected chi connectivity index (χ3v) is 3.33. The van der Waals surface area contributed by atoms with Gasteiger partial charge in [0.15, 0.2) is 0 Å². The summed E-state index contributed by atoms with van der Waals surface area (Å²) in [6.07, 6.45) is 1.76. The Morgan fingerprint density at radius 1 is 1.10 bits per heavy atom. The summed E-state index contributed by atoms with van der Waals surface area (Å²) in [5.41, 5.74) is 8.37. The van der Waals surface area contributed by atoms with Crippen molar-refractivity contribution in [2.75, 3.05) is 5.73 Å². The van der Waals surface area contributed by atoms with Gasteiger partial charge < -0.3 is 10.5 Å². The maximum absolute atomic E-state index is 5.97. The molecule has 0 amide bonds. The van der Waals surface area contributed by atoms with Crippen molar-refractivity contribution in [1.82, 2.24) is 4.98 Å². The Balaban J connectivity index is 1.89. The lowest BCUT2D eigenvalue weighted by Crippen LogP contribution is -2.00. The molecule has 3 rings (SSSR count). The highest BCUT2D eigenvalue weighted by Crippen LogP contribution is 2.26. The number of hydrogen-bond donors (Lipinski definition) is 1. The zero-order valence-corrected chi connectivity index (χ0v) is 11.5. The Morgan fingerprint density at radius 3 is 2.90 bits per heavy atom. The largest absolute Gasteiger partial charge is 0.488 e. The van der Waals surface area contributed by atoms with E-state index in [0.717, 1.165) is 22.2 Å². The average Bonchev–Trinajstić information content (AvgIpc) is 2.48. The number of nitrogens with two attached hydrogens (primary N) is 1. The van der Waals surface area contributed by atoms with Crippen molar-refractivity contribution in [1.29, 1.82) is 0 Å². The highest BCUT2D eigenvalue weighted by atomic mass is 35.5. The molecule has 100 valence electrons. The predicted octanol–water partition coefficient (Wildman–Crippen LogP) is 4.05. The van der Waals surface area contributed by atoms with Crippen LogP contribution < -0.4 is 10.5 Å². The van der Waals surface area contributed by atoms with E-state index in [1.54, 1.807) is 18.3 Å². The molecule has 3 nitrogen and oxygen atoms in total. The number of hydrogen-bond acceptors (Lipinski definition) is 3. The number of halogens is 1. The molecule has 0 radical (unpaired) electrons. The fraction of sp³-hybridized carbons (Fsp3) is 0.0625. The third-order valence-electron chi connectivity index (χ3n) is 3.09. The molecule has 20 heavy (non-hydrogen) atoms. The number of benzene rings is 2. The van der Waals surface area contributed by atoms with E-state index in [4.69, 9.17) is 22.1 Å². The standard InChI is InChI=1S/C16H13ClN2O/c17-12-6-7-14(18)11(9-12)10-20-16-5-1-4-15-13(16)3-2-8-19-15/h1-9H,10,18H2. The number of aromatic nitrogens is 1. The van der Waals surface area contributed by atoms with Crippen LogP contribution in [0.2, 0.25) is 5.02 Å². The van der Waals surface area contributed by atoms with Crippen molar-refractivity contribution in [2.45, 2.75) is 6.61 Å². The monoisotopic (exact) mass is 284 g/mol. The van der Waals surface area contributed by atoms with Gasteiger partial charge in [0.1, 0.15) is 12.4 Å². The molecule has 0 spiro atoms. The van der Waals surface area contributed by atoms with Crippen molar-refractivity contribution in [2.24, 2.45) is 0 Å². The second-order valence-electron chi connectivity index (χ2n) is 4.46. The molecule has 0 unspecified atom stereocenters. The van der Waals surface area contributed by atoms with Gasteiger partial charge in [0, 0.05) is 27.9 Å². The second-order valence-corrected chi connectivity index (χ2v) is 4.89. The van der Waals surface area contributed by atoms with Gasteiger partial charge in [0.05, 0.1) is 5.52 Å². The molecular formula is C16H13ClN2O. The van der Waals surface area contributed by atoms with E-state index in [9.17, 15) is 0 Å². The topological polar surface area (TPSA) is 48.1 Å². The molecule has 0 fully saturated rings. The molecule has 1 heterocycles. The zero-order valence-electron chi connectivity index (χ0n) is 10.7. The Labute approximate surface area is 122 Å². The van der Waals surface area contributed by atoms with Gasteiger partial charge in [-0.1, -0.05) is 17.7 Å². The number of nitrogens with zero attached hydrogens (tertiary/aromatic N) is 1. The number of rotatable bonds is 3. The highest BCUT2D eigenvalue weighted by Gasteiger charge is 2.05. The fourth-order valence-corrected chi connectivity index (χ4v) is 2.25. The first-order valence-corrected chi connectivity index (χ1v) is 6.62. The minimum absolute atomic E-state index is 0.375. The summed E-state index contributed by atoms with van der Waals surface area (Å²) in [6, 6.07) is 15.0. The number of ether oxygens (including phenoxy) is 1. The van der Waals surface area contributed by atoms with Crippen LogP contribution >= 0.6 is 11.6 Å². The molecule has 4 heteroatoms. The molecule has 0 atom stereocenters. The average molecular weight is 285 g/mol. The van der Waals surface area contributed by atoms with Gasteiger partial charge in [0.25, 0.3) is 0 Å². The van der Waals surface area contributed by atoms with Crippen LogP contribution in [0.25, 0.3) is 10.9 Å². The molecule has 0 aliphatic heterocycles. The van der Waals surface area contributed by atoms with Gasteiger partial charge in [-0.25, -0.2) is 0 Å². The lowest BCUT2D eigenvalue weighted by Gasteiger charge is -2.10. The van der Waals surface area contributed by atoms with E-state index in [1.165, 1.54) is 0 Å². The van der Waals surface area contributed by atoms with Crippen molar-refractivity contribution in [3.63, 3.8) is 0 Å². The van der Waals surface area contributed by atoms with E-state index >= 15 is 0 Å². The lowest BCUT2D eigenvalue weighted by atomic mass is 10.2. The van der Waals surface area contributed by atoms with E-state index in [-0.39, 0.29) is 0 Å². The highest BCUT2D eigenvalue weighted by molar-refractivity contribution is 6.30. The van der Waals surface area contributed by atoms with Gasteiger partial charge in [-0.05, 0) is 42.5 Å². The molecule has 0 bridgehead atoms. The summed E-state index contributed by atoms with van der Waals surface area (Å²) in [7, 11) is 0. The second kappa shape index (κ2) is 5.39. The fourth-order valence-electron chi connectivity index (χ4n) is 2.06. The number of pyridine rings is 1. The SMILES string of the molecule is Nc1ccc(Cl)cc1COc1cccc2ncccc12. The van der Waals surface area contributed by atoms with Crippen LogP contribution in [0, 0.1) is 0 Å². The maximum Gasteiger partial charge on any atom is 0.129 e. The Bertz CT molecular complexity index is 753. The summed E-state index contributed by atoms with van der Waals surface area (Å²) < 4.78 is 5.86. The van der Waals surface area contributed by atoms with Crippen LogP contribution in [0.3, 0.4) is 0 Å². The van der Waals surface area contributed by atoms with Crippen LogP contribution in [-0.4, -0.2) is 4.98 Å². The van der Waals surface area contributed by atoms with Gasteiger partial charge in [-0.15, -0.1) is 0 Å². The Hall–Kier alpha value is -2.26. The van der Waals surface area contributed by atoms with E-state index < -0.39 is 0 Å². The summed E-state index contributed by atoms with van der Waals surface area (Å²) >= 11 is 5.97. The summed E-state index contributed by atoms with van der Waals surface area (Å²) in [6.45, 7) is 0.375. The number of anilines is 1. The smallest absolute Gasteiger partial charge is 0.129 e. The Kier molecular flexibility index (Phi) is 3.44. The minimum Gasteiger partial charge on any atom is -0.488 e. The van der Waals surface area contributed by atoms with Crippen molar-refractivity contribution < 1.29 is 4.74 Å². The molecule has 2 aromatic carbocycles. The maximum atomic E-state index is 5.97. The predicted molar refractivity (Wildman–Crippen MR) is 81.9 cm³/mol. The van der Waals surface area contributed by atoms with Crippen LogP contribution in [0.1, 0.15) is 5.56 Å². The number of nitrogen functional groups attached to an aromatic ring is 1. The molecule has 0 saturated heterocycles. The molecule has 0 aliphatic carbocycles. The summed E-state index contributed by atoms with van der Waals surface area (Å²) in [5, 5.41) is 1.63.